The summed E-state index contributed by atoms with van der Waals surface area (Å²) in [5.74, 6) is -0.0833. The van der Waals surface area contributed by atoms with E-state index in [-0.39, 0.29) is 12.2 Å². The number of hydrogen-bond donors (Lipinski definition) is 1. The van der Waals surface area contributed by atoms with Crippen LogP contribution in [-0.2, 0) is 19.4 Å². The normalized spacial score (nSPS) is 10.6. The van der Waals surface area contributed by atoms with E-state index < -0.39 is 0 Å². The van der Waals surface area contributed by atoms with Gasteiger partial charge in [-0.05, 0) is 18.1 Å². The van der Waals surface area contributed by atoms with Gasteiger partial charge in [0.2, 0.25) is 0 Å². The molecular weight excluding hydrogens is 242 g/mol. The Kier molecular flexibility index (Phi) is 4.35. The zero-order chi connectivity index (χ0) is 13.7. The van der Waals surface area contributed by atoms with Gasteiger partial charge in [0, 0.05) is 18.4 Å². The maximum Gasteiger partial charge on any atom is 0.190 e. The highest BCUT2D eigenvalue weighted by molar-refractivity contribution is 5.95. The zero-order valence-electron chi connectivity index (χ0n) is 10.9. The summed E-state index contributed by atoms with van der Waals surface area (Å²) in [6, 6.07) is 3.86. The van der Waals surface area contributed by atoms with Gasteiger partial charge in [0.15, 0.2) is 5.78 Å². The number of aryl methyl sites for hydroxylation is 1. The molecule has 2 aromatic rings. The molecule has 0 atom stereocenters. The molecule has 0 aliphatic rings. The van der Waals surface area contributed by atoms with Crippen molar-refractivity contribution >= 4 is 5.78 Å². The molecule has 0 spiro atoms. The maximum absolute atomic E-state index is 12.0. The lowest BCUT2D eigenvalue weighted by atomic mass is 10.1. The maximum atomic E-state index is 12.0. The zero-order valence-corrected chi connectivity index (χ0v) is 10.9. The molecule has 0 fully saturated rings. The van der Waals surface area contributed by atoms with Gasteiger partial charge in [0.1, 0.15) is 5.69 Å². The quantitative estimate of drug-likeness (QED) is 0.768. The summed E-state index contributed by atoms with van der Waals surface area (Å²) in [4.78, 5) is 16.3. The number of aromatic nitrogens is 4. The summed E-state index contributed by atoms with van der Waals surface area (Å²) in [5.41, 5.74) is 7.67. The van der Waals surface area contributed by atoms with E-state index in [0.29, 0.717) is 18.8 Å². The number of pyridine rings is 1. The highest BCUT2D eigenvalue weighted by Crippen LogP contribution is 2.05. The third-order valence-electron chi connectivity index (χ3n) is 2.82. The van der Waals surface area contributed by atoms with E-state index in [1.807, 2.05) is 12.1 Å². The van der Waals surface area contributed by atoms with Crippen molar-refractivity contribution in [2.75, 3.05) is 6.54 Å². The molecule has 2 heterocycles. The number of carbonyl (C=O) groups excluding carboxylic acids is 1. The van der Waals surface area contributed by atoms with Crippen LogP contribution in [0.2, 0.25) is 0 Å². The van der Waals surface area contributed by atoms with Gasteiger partial charge in [-0.25, -0.2) is 0 Å². The fourth-order valence-electron chi connectivity index (χ4n) is 1.69. The molecule has 6 heteroatoms. The van der Waals surface area contributed by atoms with Gasteiger partial charge in [0.25, 0.3) is 0 Å². The molecule has 0 unspecified atom stereocenters. The molecular formula is C13H17N5O. The molecule has 0 aliphatic heterocycles. The smallest absolute Gasteiger partial charge is 0.190 e. The minimum atomic E-state index is -0.0833. The molecule has 0 amide bonds. The lowest BCUT2D eigenvalue weighted by Gasteiger charge is -1.99. The van der Waals surface area contributed by atoms with Crippen LogP contribution in [0.3, 0.4) is 0 Å². The third kappa shape index (κ3) is 3.45. The number of nitrogens with zero attached hydrogens (tertiary/aromatic N) is 4. The predicted molar refractivity (Wildman–Crippen MR) is 70.7 cm³/mol. The Morgan fingerprint density at radius 2 is 2.26 bits per heavy atom. The third-order valence-corrected chi connectivity index (χ3v) is 2.82. The highest BCUT2D eigenvalue weighted by Gasteiger charge is 2.12. The molecule has 19 heavy (non-hydrogen) atoms. The van der Waals surface area contributed by atoms with Crippen LogP contribution in [0.25, 0.3) is 0 Å². The van der Waals surface area contributed by atoms with Crippen molar-refractivity contribution in [2.45, 2.75) is 26.3 Å². The van der Waals surface area contributed by atoms with E-state index in [1.165, 1.54) is 0 Å². The van der Waals surface area contributed by atoms with E-state index in [2.05, 4.69) is 22.2 Å². The van der Waals surface area contributed by atoms with Crippen LogP contribution in [0.1, 0.15) is 28.7 Å². The van der Waals surface area contributed by atoms with Gasteiger partial charge >= 0.3 is 0 Å². The van der Waals surface area contributed by atoms with Gasteiger partial charge in [-0.2, -0.15) is 0 Å². The number of Topliss-reactive ketones (excluding diaryl/α,β-unsaturated/α-hetero) is 1. The van der Waals surface area contributed by atoms with Crippen molar-refractivity contribution in [3.8, 4) is 0 Å². The van der Waals surface area contributed by atoms with Gasteiger partial charge < -0.3 is 5.73 Å². The van der Waals surface area contributed by atoms with E-state index in [9.17, 15) is 4.79 Å². The first-order valence-electron chi connectivity index (χ1n) is 6.30. The van der Waals surface area contributed by atoms with E-state index >= 15 is 0 Å². The molecule has 2 aromatic heterocycles. The first-order valence-corrected chi connectivity index (χ1v) is 6.30. The van der Waals surface area contributed by atoms with Gasteiger partial charge in [-0.15, -0.1) is 5.10 Å². The molecule has 0 aromatic carbocycles. The van der Waals surface area contributed by atoms with Crippen molar-refractivity contribution in [1.82, 2.24) is 20.0 Å². The Morgan fingerprint density at radius 1 is 1.42 bits per heavy atom. The molecule has 0 aliphatic carbocycles. The van der Waals surface area contributed by atoms with E-state index in [1.54, 1.807) is 17.1 Å². The van der Waals surface area contributed by atoms with Crippen LogP contribution >= 0.6 is 0 Å². The monoisotopic (exact) mass is 259 g/mol. The minimum absolute atomic E-state index is 0.0833. The second kappa shape index (κ2) is 6.19. The second-order valence-corrected chi connectivity index (χ2v) is 4.27. The SMILES string of the molecule is CCc1ccc(CC(=O)c2cn(CCN)nn2)nc1. The molecule has 0 radical (unpaired) electrons. The summed E-state index contributed by atoms with van der Waals surface area (Å²) in [5, 5.41) is 7.69. The van der Waals surface area contributed by atoms with Crippen molar-refractivity contribution in [3.05, 3.63) is 41.5 Å². The van der Waals surface area contributed by atoms with Crippen LogP contribution in [0, 0.1) is 0 Å². The fourth-order valence-corrected chi connectivity index (χ4v) is 1.69. The van der Waals surface area contributed by atoms with Gasteiger partial charge in [-0.1, -0.05) is 18.2 Å². The van der Waals surface area contributed by atoms with Crippen LogP contribution < -0.4 is 5.73 Å². The van der Waals surface area contributed by atoms with Crippen molar-refractivity contribution in [2.24, 2.45) is 5.73 Å². The van der Waals surface area contributed by atoms with Crippen LogP contribution in [0.4, 0.5) is 0 Å². The summed E-state index contributed by atoms with van der Waals surface area (Å²) in [6.45, 7) is 3.10. The fraction of sp³-hybridized carbons (Fsp3) is 0.385. The Bertz CT molecular complexity index is 546. The summed E-state index contributed by atoms with van der Waals surface area (Å²) in [7, 11) is 0. The molecule has 2 rings (SSSR count). The molecule has 6 nitrogen and oxygen atoms in total. The van der Waals surface area contributed by atoms with Crippen molar-refractivity contribution in [1.29, 1.82) is 0 Å². The highest BCUT2D eigenvalue weighted by atomic mass is 16.1. The van der Waals surface area contributed by atoms with Gasteiger partial charge in [-0.3, -0.25) is 14.5 Å². The average molecular weight is 259 g/mol. The molecule has 0 bridgehead atoms. The second-order valence-electron chi connectivity index (χ2n) is 4.27. The lowest BCUT2D eigenvalue weighted by Crippen LogP contribution is -2.10. The first kappa shape index (κ1) is 13.4. The van der Waals surface area contributed by atoms with Crippen molar-refractivity contribution in [3.63, 3.8) is 0 Å². The molecule has 0 saturated carbocycles. The number of nitrogens with two attached hydrogens (primary N) is 1. The van der Waals surface area contributed by atoms with Crippen LogP contribution in [0.15, 0.2) is 24.5 Å². The Morgan fingerprint density at radius 3 is 2.89 bits per heavy atom. The molecule has 2 N–H and O–H groups in total. The first-order chi connectivity index (χ1) is 9.22. The van der Waals surface area contributed by atoms with Crippen LogP contribution in [-0.4, -0.2) is 32.3 Å². The number of carbonyl (C=O) groups is 1. The summed E-state index contributed by atoms with van der Waals surface area (Å²) >= 11 is 0. The van der Waals surface area contributed by atoms with Crippen molar-refractivity contribution < 1.29 is 4.79 Å². The van der Waals surface area contributed by atoms with E-state index in [4.69, 9.17) is 5.73 Å². The Hall–Kier alpha value is -2.08. The Labute approximate surface area is 111 Å². The topological polar surface area (TPSA) is 86.7 Å². The summed E-state index contributed by atoms with van der Waals surface area (Å²) in [6.07, 6.45) is 4.60. The minimum Gasteiger partial charge on any atom is -0.329 e. The van der Waals surface area contributed by atoms with Crippen LogP contribution in [0.5, 0.6) is 0 Å². The number of rotatable bonds is 6. The number of ketones is 1. The standard InChI is InChI=1S/C13H17N5O/c1-2-10-3-4-11(15-8-10)7-13(19)12-9-18(6-5-14)17-16-12/h3-4,8-9H,2,5-7,14H2,1H3. The van der Waals surface area contributed by atoms with E-state index in [0.717, 1.165) is 17.7 Å². The van der Waals surface area contributed by atoms with Gasteiger partial charge in [0.05, 0.1) is 19.2 Å². The average Bonchev–Trinajstić information content (AvgIpc) is 2.89. The largest absolute Gasteiger partial charge is 0.329 e. The number of hydrogen-bond acceptors (Lipinski definition) is 5. The Balaban J connectivity index is 2.02. The molecule has 100 valence electrons. The summed E-state index contributed by atoms with van der Waals surface area (Å²) < 4.78 is 1.57. The molecule has 0 saturated heterocycles. The lowest BCUT2D eigenvalue weighted by molar-refractivity contribution is 0.0987. The predicted octanol–water partition coefficient (Wildman–Crippen LogP) is 0.620.